The minimum atomic E-state index is -1.29. The number of nitrogens with zero attached hydrogens (tertiary/aromatic N) is 3. The van der Waals surface area contributed by atoms with Crippen LogP contribution in [-0.4, -0.2) is 48.8 Å². The number of nitrogens with one attached hydrogen (secondary N) is 3. The molecule has 150 valence electrons. The lowest BCUT2D eigenvalue weighted by Gasteiger charge is -2.24. The van der Waals surface area contributed by atoms with Crippen LogP contribution in [0.4, 0.5) is 0 Å². The molecule has 0 bridgehead atoms. The van der Waals surface area contributed by atoms with Crippen molar-refractivity contribution >= 4 is 23.4 Å². The number of hydrogen-bond donors (Lipinski definition) is 4. The molecule has 1 aromatic carbocycles. The minimum Gasteiger partial charge on any atom is -0.381 e. The Morgan fingerprint density at radius 1 is 1.34 bits per heavy atom. The van der Waals surface area contributed by atoms with E-state index in [9.17, 15) is 14.7 Å². The Labute approximate surface area is 171 Å². The third-order valence-electron chi connectivity index (χ3n) is 4.87. The highest BCUT2D eigenvalue weighted by atomic mass is 35.5. The van der Waals surface area contributed by atoms with E-state index in [1.54, 1.807) is 0 Å². The Balaban J connectivity index is 1.49. The van der Waals surface area contributed by atoms with Gasteiger partial charge in [0.25, 0.3) is 11.8 Å². The molecule has 2 amide bonds. The lowest BCUT2D eigenvalue weighted by molar-refractivity contribution is -0.131. The van der Waals surface area contributed by atoms with Gasteiger partial charge in [-0.05, 0) is 23.6 Å². The van der Waals surface area contributed by atoms with E-state index >= 15 is 0 Å². The van der Waals surface area contributed by atoms with E-state index in [0.29, 0.717) is 17.1 Å². The van der Waals surface area contributed by atoms with Gasteiger partial charge in [-0.2, -0.15) is 5.10 Å². The van der Waals surface area contributed by atoms with E-state index in [0.717, 1.165) is 11.1 Å². The van der Waals surface area contributed by atoms with Crippen molar-refractivity contribution in [2.24, 2.45) is 0 Å². The van der Waals surface area contributed by atoms with E-state index < -0.39 is 24.1 Å². The second-order valence-electron chi connectivity index (χ2n) is 6.83. The normalized spacial score (nSPS) is 18.8. The predicted octanol–water partition coefficient (Wildman–Crippen LogP) is 0.833. The van der Waals surface area contributed by atoms with Gasteiger partial charge in [0.1, 0.15) is 18.3 Å². The summed E-state index contributed by atoms with van der Waals surface area (Å²) < 4.78 is 1.38. The number of halogens is 1. The van der Waals surface area contributed by atoms with Crippen molar-refractivity contribution in [3.05, 3.63) is 71.0 Å². The van der Waals surface area contributed by atoms with Crippen LogP contribution in [0.3, 0.4) is 0 Å². The van der Waals surface area contributed by atoms with Gasteiger partial charge in [-0.25, -0.2) is 9.67 Å². The molecule has 29 heavy (non-hydrogen) atoms. The molecule has 0 fully saturated rings. The Kier molecular flexibility index (Phi) is 5.32. The van der Waals surface area contributed by atoms with Crippen LogP contribution in [0, 0.1) is 0 Å². The first kappa shape index (κ1) is 19.2. The molecule has 1 unspecified atom stereocenters. The minimum absolute atomic E-state index is 0.0104. The Morgan fingerprint density at radius 2 is 2.17 bits per heavy atom. The molecule has 3 aromatic rings. The maximum atomic E-state index is 12.6. The number of fused-ring (bicyclic) bond motifs is 1. The average molecular weight is 415 g/mol. The average Bonchev–Trinajstić information content (AvgIpc) is 3.43. The summed E-state index contributed by atoms with van der Waals surface area (Å²) in [5, 5.41) is 20.3. The van der Waals surface area contributed by atoms with Gasteiger partial charge in [-0.1, -0.05) is 35.9 Å². The molecule has 0 saturated carbocycles. The number of carbonyl (C=O) groups is 2. The number of carbonyl (C=O) groups excluding carboxylic acids is 2. The van der Waals surface area contributed by atoms with Crippen LogP contribution >= 0.6 is 11.6 Å². The largest absolute Gasteiger partial charge is 0.381 e. The highest BCUT2D eigenvalue weighted by Gasteiger charge is 2.35. The van der Waals surface area contributed by atoms with Crippen molar-refractivity contribution in [3.8, 4) is 0 Å². The zero-order valence-electron chi connectivity index (χ0n) is 15.2. The van der Waals surface area contributed by atoms with E-state index in [-0.39, 0.29) is 12.5 Å². The molecule has 0 aliphatic heterocycles. The molecule has 0 radical (unpaired) electrons. The molecule has 2 heterocycles. The molecule has 2 aromatic heterocycles. The van der Waals surface area contributed by atoms with Crippen molar-refractivity contribution < 1.29 is 14.7 Å². The standard InChI is InChI=1S/C19H19ClN6O3/c20-12-6-15(22-7-12)18(28)25-17-13-4-2-1-3-11(13)5-14(17)24-19(29)16(27)8-26-10-21-9-23-26/h1-4,6-7,9-10,14,16-17,22,27H,5,8H2,(H,24,29)(H,25,28)/t14-,16?,17-/m1/s1. The summed E-state index contributed by atoms with van der Waals surface area (Å²) in [5.74, 6) is -0.874. The van der Waals surface area contributed by atoms with Gasteiger partial charge < -0.3 is 20.7 Å². The van der Waals surface area contributed by atoms with E-state index in [4.69, 9.17) is 11.6 Å². The van der Waals surface area contributed by atoms with Gasteiger partial charge in [0.15, 0.2) is 6.10 Å². The molecule has 0 spiro atoms. The van der Waals surface area contributed by atoms with Gasteiger partial charge in [0.2, 0.25) is 0 Å². The van der Waals surface area contributed by atoms with Crippen LogP contribution in [0.25, 0.3) is 0 Å². The van der Waals surface area contributed by atoms with Crippen LogP contribution in [0.15, 0.2) is 49.2 Å². The number of aliphatic hydroxyl groups is 1. The summed E-state index contributed by atoms with van der Waals surface area (Å²) in [4.78, 5) is 31.7. The van der Waals surface area contributed by atoms with Crippen molar-refractivity contribution in [3.63, 3.8) is 0 Å². The number of hydrogen-bond acceptors (Lipinski definition) is 5. The monoisotopic (exact) mass is 414 g/mol. The van der Waals surface area contributed by atoms with Crippen molar-refractivity contribution in [1.82, 2.24) is 30.4 Å². The van der Waals surface area contributed by atoms with E-state index in [2.05, 4.69) is 25.7 Å². The first-order chi connectivity index (χ1) is 14.0. The number of aromatic amines is 1. The number of aromatic nitrogens is 4. The molecular formula is C19H19ClN6O3. The first-order valence-electron chi connectivity index (χ1n) is 9.04. The molecular weight excluding hydrogens is 396 g/mol. The fraction of sp³-hybridized carbons (Fsp3) is 0.263. The quantitative estimate of drug-likeness (QED) is 0.475. The summed E-state index contributed by atoms with van der Waals surface area (Å²) in [6.45, 7) is -0.0104. The summed E-state index contributed by atoms with van der Waals surface area (Å²) in [7, 11) is 0. The Hall–Kier alpha value is -3.17. The smallest absolute Gasteiger partial charge is 0.268 e. The lowest BCUT2D eigenvalue weighted by Crippen LogP contribution is -2.48. The lowest BCUT2D eigenvalue weighted by atomic mass is 10.1. The fourth-order valence-electron chi connectivity index (χ4n) is 3.49. The van der Waals surface area contributed by atoms with Crippen LogP contribution < -0.4 is 10.6 Å². The number of aliphatic hydroxyl groups excluding tert-OH is 1. The van der Waals surface area contributed by atoms with E-state index in [1.807, 2.05) is 24.3 Å². The van der Waals surface area contributed by atoms with Gasteiger partial charge in [0.05, 0.1) is 23.7 Å². The zero-order chi connectivity index (χ0) is 20.4. The molecule has 0 saturated heterocycles. The highest BCUT2D eigenvalue weighted by Crippen LogP contribution is 2.31. The molecule has 3 atom stereocenters. The number of rotatable bonds is 6. The van der Waals surface area contributed by atoms with Crippen LogP contribution in [0.1, 0.15) is 27.7 Å². The Morgan fingerprint density at radius 3 is 2.90 bits per heavy atom. The third kappa shape index (κ3) is 4.15. The van der Waals surface area contributed by atoms with E-state index in [1.165, 1.54) is 29.6 Å². The zero-order valence-corrected chi connectivity index (χ0v) is 16.0. The van der Waals surface area contributed by atoms with Gasteiger partial charge >= 0.3 is 0 Å². The van der Waals surface area contributed by atoms with Crippen LogP contribution in [-0.2, 0) is 17.8 Å². The summed E-state index contributed by atoms with van der Waals surface area (Å²) in [6, 6.07) is 8.35. The Bertz CT molecular complexity index is 1020. The SMILES string of the molecule is O=C(N[C@@H]1c2ccccc2C[C@H]1NC(=O)C(O)Cn1cncn1)c1cc(Cl)c[nH]1. The van der Waals surface area contributed by atoms with Crippen LogP contribution in [0.5, 0.6) is 0 Å². The molecule has 4 rings (SSSR count). The topological polar surface area (TPSA) is 125 Å². The van der Waals surface area contributed by atoms with Gasteiger partial charge in [-0.15, -0.1) is 0 Å². The second-order valence-corrected chi connectivity index (χ2v) is 7.27. The van der Waals surface area contributed by atoms with Gasteiger partial charge in [0, 0.05) is 6.20 Å². The third-order valence-corrected chi connectivity index (χ3v) is 5.09. The molecule has 10 heteroatoms. The molecule has 4 N–H and O–H groups in total. The first-order valence-corrected chi connectivity index (χ1v) is 9.42. The number of H-pyrrole nitrogens is 1. The maximum Gasteiger partial charge on any atom is 0.268 e. The van der Waals surface area contributed by atoms with Gasteiger partial charge in [-0.3, -0.25) is 9.59 Å². The molecule has 1 aliphatic rings. The summed E-state index contributed by atoms with van der Waals surface area (Å²) in [5.41, 5.74) is 2.28. The second kappa shape index (κ2) is 8.06. The highest BCUT2D eigenvalue weighted by molar-refractivity contribution is 6.30. The number of amides is 2. The molecule has 9 nitrogen and oxygen atoms in total. The van der Waals surface area contributed by atoms with Crippen molar-refractivity contribution in [2.75, 3.05) is 0 Å². The van der Waals surface area contributed by atoms with Crippen molar-refractivity contribution in [1.29, 1.82) is 0 Å². The summed E-state index contributed by atoms with van der Waals surface area (Å²) in [6.07, 6.45) is 3.52. The van der Waals surface area contributed by atoms with Crippen molar-refractivity contribution in [2.45, 2.75) is 31.2 Å². The maximum absolute atomic E-state index is 12.6. The molecule has 1 aliphatic carbocycles. The fourth-order valence-corrected chi connectivity index (χ4v) is 3.66. The number of benzene rings is 1. The van der Waals surface area contributed by atoms with Crippen LogP contribution in [0.2, 0.25) is 5.02 Å². The predicted molar refractivity (Wildman–Crippen MR) is 104 cm³/mol. The summed E-state index contributed by atoms with van der Waals surface area (Å²) >= 11 is 5.89.